The SMILES string of the molecule is CC1(C)c2ccccc2-c2ccc(-c3cccc4ccccc34)cc21. The molecule has 0 N–H and O–H groups in total. The van der Waals surface area contributed by atoms with E-state index in [1.54, 1.807) is 0 Å². The van der Waals surface area contributed by atoms with Gasteiger partial charge in [-0.2, -0.15) is 0 Å². The summed E-state index contributed by atoms with van der Waals surface area (Å²) in [6.45, 7) is 4.68. The van der Waals surface area contributed by atoms with Crippen molar-refractivity contribution >= 4 is 10.8 Å². The van der Waals surface area contributed by atoms with E-state index in [0.717, 1.165) is 0 Å². The fourth-order valence-corrected chi connectivity index (χ4v) is 4.35. The number of rotatable bonds is 1. The van der Waals surface area contributed by atoms with E-state index in [2.05, 4.69) is 98.8 Å². The molecule has 0 heteroatoms. The molecule has 5 rings (SSSR count). The van der Waals surface area contributed by atoms with E-state index in [1.165, 1.54) is 44.2 Å². The highest BCUT2D eigenvalue weighted by atomic mass is 14.4. The first kappa shape index (κ1) is 14.5. The van der Waals surface area contributed by atoms with Crippen molar-refractivity contribution in [3.63, 3.8) is 0 Å². The van der Waals surface area contributed by atoms with Gasteiger partial charge >= 0.3 is 0 Å². The minimum Gasteiger partial charge on any atom is -0.0619 e. The lowest BCUT2D eigenvalue weighted by Crippen LogP contribution is -2.14. The van der Waals surface area contributed by atoms with Crippen LogP contribution < -0.4 is 0 Å². The average Bonchev–Trinajstić information content (AvgIpc) is 2.89. The van der Waals surface area contributed by atoms with E-state index in [9.17, 15) is 0 Å². The first-order chi connectivity index (χ1) is 12.2. The summed E-state index contributed by atoms with van der Waals surface area (Å²) in [6.07, 6.45) is 0. The predicted octanol–water partition coefficient (Wildman–Crippen LogP) is 6.81. The molecule has 0 aromatic heterocycles. The summed E-state index contributed by atoms with van der Waals surface area (Å²) in [5.74, 6) is 0. The summed E-state index contributed by atoms with van der Waals surface area (Å²) in [5.41, 5.74) is 8.28. The van der Waals surface area contributed by atoms with Crippen molar-refractivity contribution in [1.82, 2.24) is 0 Å². The van der Waals surface area contributed by atoms with Gasteiger partial charge in [0.15, 0.2) is 0 Å². The van der Waals surface area contributed by atoms with Crippen molar-refractivity contribution in [3.05, 3.63) is 96.1 Å². The Balaban J connectivity index is 1.76. The van der Waals surface area contributed by atoms with Crippen molar-refractivity contribution in [1.29, 1.82) is 0 Å². The van der Waals surface area contributed by atoms with E-state index in [1.807, 2.05) is 0 Å². The van der Waals surface area contributed by atoms with E-state index in [0.29, 0.717) is 0 Å². The molecule has 0 nitrogen and oxygen atoms in total. The zero-order valence-corrected chi connectivity index (χ0v) is 14.6. The summed E-state index contributed by atoms with van der Waals surface area (Å²) in [7, 11) is 0. The lowest BCUT2D eigenvalue weighted by molar-refractivity contribution is 0.660. The number of fused-ring (bicyclic) bond motifs is 4. The van der Waals surface area contributed by atoms with Crippen molar-refractivity contribution in [2.45, 2.75) is 19.3 Å². The van der Waals surface area contributed by atoms with Gasteiger partial charge < -0.3 is 0 Å². The first-order valence-electron chi connectivity index (χ1n) is 8.89. The van der Waals surface area contributed by atoms with Gasteiger partial charge in [-0.05, 0) is 50.2 Å². The monoisotopic (exact) mass is 320 g/mol. The Bertz CT molecular complexity index is 1110. The third-order valence-corrected chi connectivity index (χ3v) is 5.68. The Kier molecular flexibility index (Phi) is 2.93. The summed E-state index contributed by atoms with van der Waals surface area (Å²) >= 11 is 0. The quantitative estimate of drug-likeness (QED) is 0.361. The summed E-state index contributed by atoms with van der Waals surface area (Å²) in [6, 6.07) is 31.0. The van der Waals surface area contributed by atoms with Crippen LogP contribution in [0.5, 0.6) is 0 Å². The molecule has 1 aliphatic carbocycles. The number of benzene rings is 4. The Labute approximate surface area is 148 Å². The third-order valence-electron chi connectivity index (χ3n) is 5.68. The zero-order chi connectivity index (χ0) is 17.0. The average molecular weight is 320 g/mol. The van der Waals surface area contributed by atoms with Gasteiger partial charge in [0, 0.05) is 5.41 Å². The van der Waals surface area contributed by atoms with Gasteiger partial charge in [-0.15, -0.1) is 0 Å². The maximum absolute atomic E-state index is 2.40. The third kappa shape index (κ3) is 2.01. The van der Waals surface area contributed by atoms with E-state index >= 15 is 0 Å². The molecular weight excluding hydrogens is 300 g/mol. The standard InChI is InChI=1S/C25H20/c1-25(2)23-13-6-5-11-21(23)22-15-14-18(16-24(22)25)20-12-7-9-17-8-3-4-10-19(17)20/h3-16H,1-2H3. The van der Waals surface area contributed by atoms with Crippen LogP contribution in [0.25, 0.3) is 33.0 Å². The molecule has 4 aromatic rings. The molecule has 0 bridgehead atoms. The highest BCUT2D eigenvalue weighted by Crippen LogP contribution is 2.49. The van der Waals surface area contributed by atoms with Crippen LogP contribution in [0.3, 0.4) is 0 Å². The minimum absolute atomic E-state index is 0.0481. The first-order valence-corrected chi connectivity index (χ1v) is 8.89. The molecule has 0 amide bonds. The molecule has 0 aliphatic heterocycles. The molecule has 0 atom stereocenters. The smallest absolute Gasteiger partial charge is 0.0159 e. The van der Waals surface area contributed by atoms with Gasteiger partial charge in [-0.25, -0.2) is 0 Å². The summed E-state index contributed by atoms with van der Waals surface area (Å²) in [4.78, 5) is 0. The van der Waals surface area contributed by atoms with Crippen molar-refractivity contribution in [2.24, 2.45) is 0 Å². The summed E-state index contributed by atoms with van der Waals surface area (Å²) < 4.78 is 0. The molecular formula is C25H20. The fraction of sp³-hybridized carbons (Fsp3) is 0.120. The van der Waals surface area contributed by atoms with Crippen LogP contribution >= 0.6 is 0 Å². The molecule has 0 spiro atoms. The number of hydrogen-bond acceptors (Lipinski definition) is 0. The lowest BCUT2D eigenvalue weighted by Gasteiger charge is -2.22. The number of hydrogen-bond donors (Lipinski definition) is 0. The summed E-state index contributed by atoms with van der Waals surface area (Å²) in [5, 5.41) is 2.61. The van der Waals surface area contributed by atoms with Crippen molar-refractivity contribution in [3.8, 4) is 22.3 Å². The van der Waals surface area contributed by atoms with Crippen LogP contribution in [0.2, 0.25) is 0 Å². The molecule has 0 heterocycles. The van der Waals surface area contributed by atoms with Gasteiger partial charge in [0.25, 0.3) is 0 Å². The lowest BCUT2D eigenvalue weighted by atomic mass is 9.81. The van der Waals surface area contributed by atoms with Crippen LogP contribution in [0.4, 0.5) is 0 Å². The topological polar surface area (TPSA) is 0 Å². The molecule has 0 fully saturated rings. The van der Waals surface area contributed by atoms with Gasteiger partial charge in [-0.1, -0.05) is 92.7 Å². The second-order valence-corrected chi connectivity index (χ2v) is 7.46. The largest absolute Gasteiger partial charge is 0.0619 e. The van der Waals surface area contributed by atoms with Crippen LogP contribution in [-0.2, 0) is 5.41 Å². The molecule has 1 aliphatic rings. The van der Waals surface area contributed by atoms with Gasteiger partial charge in [0.1, 0.15) is 0 Å². The minimum atomic E-state index is 0.0481. The Morgan fingerprint density at radius 1 is 0.560 bits per heavy atom. The maximum atomic E-state index is 2.40. The molecule has 120 valence electrons. The molecule has 4 aromatic carbocycles. The highest BCUT2D eigenvalue weighted by Gasteiger charge is 2.35. The highest BCUT2D eigenvalue weighted by molar-refractivity contribution is 5.97. The van der Waals surface area contributed by atoms with E-state index in [-0.39, 0.29) is 5.41 Å². The second-order valence-electron chi connectivity index (χ2n) is 7.46. The van der Waals surface area contributed by atoms with Gasteiger partial charge in [-0.3, -0.25) is 0 Å². The van der Waals surface area contributed by atoms with Crippen LogP contribution in [0.15, 0.2) is 84.9 Å². The molecule has 0 radical (unpaired) electrons. The Hall–Kier alpha value is -2.86. The van der Waals surface area contributed by atoms with Crippen LogP contribution in [0, 0.1) is 0 Å². The van der Waals surface area contributed by atoms with Crippen molar-refractivity contribution < 1.29 is 0 Å². The van der Waals surface area contributed by atoms with Crippen LogP contribution in [0.1, 0.15) is 25.0 Å². The Morgan fingerprint density at radius 3 is 2.16 bits per heavy atom. The Morgan fingerprint density at radius 2 is 1.24 bits per heavy atom. The van der Waals surface area contributed by atoms with E-state index in [4.69, 9.17) is 0 Å². The van der Waals surface area contributed by atoms with Crippen LogP contribution in [-0.4, -0.2) is 0 Å². The van der Waals surface area contributed by atoms with E-state index < -0.39 is 0 Å². The van der Waals surface area contributed by atoms with Gasteiger partial charge in [0.2, 0.25) is 0 Å². The maximum Gasteiger partial charge on any atom is 0.0159 e. The molecule has 0 saturated heterocycles. The van der Waals surface area contributed by atoms with Crippen molar-refractivity contribution in [2.75, 3.05) is 0 Å². The zero-order valence-electron chi connectivity index (χ0n) is 14.6. The predicted molar refractivity (Wildman–Crippen MR) is 107 cm³/mol. The molecule has 25 heavy (non-hydrogen) atoms. The molecule has 0 saturated carbocycles. The molecule has 0 unspecified atom stereocenters. The van der Waals surface area contributed by atoms with Gasteiger partial charge in [0.05, 0.1) is 0 Å². The normalized spacial score (nSPS) is 14.3. The second kappa shape index (κ2) is 5.07. The fourth-order valence-electron chi connectivity index (χ4n) is 4.35.